The topological polar surface area (TPSA) is 140 Å². The molecule has 43 heavy (non-hydrogen) atoms. The first kappa shape index (κ1) is 31.7. The van der Waals surface area contributed by atoms with Crippen molar-refractivity contribution in [3.8, 4) is 17.0 Å². The molecule has 1 amide bonds. The van der Waals surface area contributed by atoms with Crippen LogP contribution in [-0.2, 0) is 9.53 Å². The Hall–Kier alpha value is -4.18. The largest absolute Gasteiger partial charge is 0.492 e. The first-order valence-corrected chi connectivity index (χ1v) is 14.6. The van der Waals surface area contributed by atoms with E-state index in [-0.39, 0.29) is 5.41 Å². The highest BCUT2D eigenvalue weighted by atomic mass is 16.5. The van der Waals surface area contributed by atoms with Crippen LogP contribution in [0.25, 0.3) is 11.3 Å². The van der Waals surface area contributed by atoms with Crippen LogP contribution in [0.4, 0.5) is 11.4 Å². The minimum atomic E-state index is -1.18. The van der Waals surface area contributed by atoms with Gasteiger partial charge in [-0.1, -0.05) is 13.8 Å². The van der Waals surface area contributed by atoms with Crippen molar-refractivity contribution in [3.05, 3.63) is 65.6 Å². The number of carbonyl (C=O) groups excluding carboxylic acids is 1. The second-order valence-electron chi connectivity index (χ2n) is 12.7. The maximum absolute atomic E-state index is 12.6. The minimum absolute atomic E-state index is 0.218. The Morgan fingerprint density at radius 3 is 2.30 bits per heavy atom. The average molecular weight is 590 g/mol. The summed E-state index contributed by atoms with van der Waals surface area (Å²) >= 11 is 0. The molecule has 1 unspecified atom stereocenters. The maximum Gasteiger partial charge on any atom is 0.337 e. The molecule has 10 nitrogen and oxygen atoms in total. The molecule has 1 atom stereocenters. The highest BCUT2D eigenvalue weighted by Gasteiger charge is 2.36. The molecule has 1 aliphatic heterocycles. The second kappa shape index (κ2) is 13.0. The van der Waals surface area contributed by atoms with E-state index in [2.05, 4.69) is 29.0 Å². The number of amides is 1. The molecule has 10 heteroatoms. The third-order valence-electron chi connectivity index (χ3n) is 7.56. The van der Waals surface area contributed by atoms with E-state index in [4.69, 9.17) is 20.2 Å². The Morgan fingerprint density at radius 2 is 1.74 bits per heavy atom. The number of nitrogens with zero attached hydrogens (tertiary/aromatic N) is 3. The molecule has 1 aromatic carbocycles. The van der Waals surface area contributed by atoms with Crippen LogP contribution < -0.4 is 20.7 Å². The smallest absolute Gasteiger partial charge is 0.337 e. The summed E-state index contributed by atoms with van der Waals surface area (Å²) in [6.07, 6.45) is 4.33. The van der Waals surface area contributed by atoms with Crippen LogP contribution in [0.5, 0.6) is 5.75 Å². The molecule has 3 heterocycles. The quantitative estimate of drug-likeness (QED) is 0.244. The summed E-state index contributed by atoms with van der Waals surface area (Å²) in [4.78, 5) is 35.5. The summed E-state index contributed by atoms with van der Waals surface area (Å²) in [7, 11) is 0. The van der Waals surface area contributed by atoms with Gasteiger partial charge in [-0.2, -0.15) is 0 Å². The highest BCUT2D eigenvalue weighted by molar-refractivity contribution is 5.92. The highest BCUT2D eigenvalue weighted by Crippen LogP contribution is 2.43. The number of benzene rings is 1. The third kappa shape index (κ3) is 8.22. The van der Waals surface area contributed by atoms with E-state index in [1.165, 1.54) is 0 Å². The van der Waals surface area contributed by atoms with E-state index in [0.29, 0.717) is 41.4 Å². The minimum Gasteiger partial charge on any atom is -0.492 e. The van der Waals surface area contributed by atoms with Gasteiger partial charge in [-0.15, -0.1) is 0 Å². The Morgan fingerprint density at radius 1 is 1.07 bits per heavy atom. The summed E-state index contributed by atoms with van der Waals surface area (Å²) < 4.78 is 11.9. The molecule has 230 valence electrons. The molecule has 1 fully saturated rings. The fourth-order valence-corrected chi connectivity index (χ4v) is 5.11. The number of carbonyl (C=O) groups is 2. The number of aromatic nitrogens is 2. The molecule has 0 saturated carbocycles. The van der Waals surface area contributed by atoms with Crippen molar-refractivity contribution in [2.24, 2.45) is 11.1 Å². The number of carboxylic acids is 1. The molecule has 4 rings (SSSR count). The molecule has 0 aliphatic carbocycles. The van der Waals surface area contributed by atoms with Crippen molar-refractivity contribution in [1.29, 1.82) is 0 Å². The van der Waals surface area contributed by atoms with Crippen molar-refractivity contribution in [3.63, 3.8) is 0 Å². The normalized spacial score (nSPS) is 15.5. The number of piperidine rings is 1. The van der Waals surface area contributed by atoms with Crippen LogP contribution in [0.2, 0.25) is 0 Å². The maximum atomic E-state index is 12.6. The van der Waals surface area contributed by atoms with Crippen LogP contribution in [0.1, 0.15) is 75.2 Å². The molecule has 1 saturated heterocycles. The zero-order chi connectivity index (χ0) is 31.4. The molecule has 0 radical (unpaired) electrons. The number of hydrogen-bond acceptors (Lipinski definition) is 8. The number of ether oxygens (including phenoxy) is 2. The van der Waals surface area contributed by atoms with Crippen molar-refractivity contribution < 1.29 is 24.2 Å². The lowest BCUT2D eigenvalue weighted by Crippen LogP contribution is -2.39. The zero-order valence-electron chi connectivity index (χ0n) is 25.9. The van der Waals surface area contributed by atoms with E-state index in [0.717, 1.165) is 42.9 Å². The fraction of sp³-hybridized carbons (Fsp3) is 0.455. The second-order valence-corrected chi connectivity index (χ2v) is 12.7. The lowest BCUT2D eigenvalue weighted by molar-refractivity contribution is -0.160. The van der Waals surface area contributed by atoms with Crippen molar-refractivity contribution in [2.45, 2.75) is 66.1 Å². The summed E-state index contributed by atoms with van der Waals surface area (Å²) in [5, 5.41) is 13.6. The van der Waals surface area contributed by atoms with Gasteiger partial charge in [0.1, 0.15) is 12.4 Å². The number of hydrogen-bond donors (Lipinski definition) is 3. The molecule has 0 bridgehead atoms. The SMILES string of the molecule is Cc1ncc(-c2ccc(NCCOc3ccc(C(N)=O)cc3)cn2)c(N2CCC(C)(C)CC2)c1C(OC(C)(C)C)C(=O)O. The molecule has 1 aliphatic rings. The van der Waals surface area contributed by atoms with Crippen molar-refractivity contribution in [2.75, 3.05) is 36.5 Å². The standard InChI is InChI=1S/C33H43N5O5/c1-21-27(29(31(40)41)43-32(2,3)4)28(38-16-13-33(5,6)14-17-38)25(20-36-21)26-12-9-23(19-37-26)35-15-18-42-24-10-7-22(8-11-24)30(34)39/h7-12,19-20,29,35H,13-18H2,1-6H3,(H2,34,39)(H,40,41). The Labute approximate surface area is 253 Å². The molecule has 4 N–H and O–H groups in total. The van der Waals surface area contributed by atoms with E-state index in [9.17, 15) is 14.7 Å². The van der Waals surface area contributed by atoms with Crippen molar-refractivity contribution in [1.82, 2.24) is 9.97 Å². The number of pyridine rings is 2. The van der Waals surface area contributed by atoms with Gasteiger partial charge in [0.15, 0.2) is 6.10 Å². The number of carboxylic acid groups (broad SMARTS) is 1. The molecule has 0 spiro atoms. The Balaban J connectivity index is 1.57. The Kier molecular flexibility index (Phi) is 9.59. The van der Waals surface area contributed by atoms with Gasteiger partial charge in [-0.3, -0.25) is 14.8 Å². The van der Waals surface area contributed by atoms with Gasteiger partial charge in [0.05, 0.1) is 28.9 Å². The number of nitrogens with one attached hydrogen (secondary N) is 1. The average Bonchev–Trinajstić information content (AvgIpc) is 2.94. The van der Waals surface area contributed by atoms with Gasteiger partial charge in [-0.25, -0.2) is 4.79 Å². The number of aliphatic carboxylic acids is 1. The summed E-state index contributed by atoms with van der Waals surface area (Å²) in [5.41, 5.74) is 9.58. The van der Waals surface area contributed by atoms with Crippen LogP contribution in [0, 0.1) is 12.3 Å². The van der Waals surface area contributed by atoms with Crippen LogP contribution >= 0.6 is 0 Å². The number of nitrogens with two attached hydrogens (primary N) is 1. The summed E-state index contributed by atoms with van der Waals surface area (Å²) in [5.74, 6) is -0.880. The Bertz CT molecular complexity index is 1420. The number of aryl methyl sites for hydroxylation is 1. The third-order valence-corrected chi connectivity index (χ3v) is 7.56. The van der Waals surface area contributed by atoms with Gasteiger partial charge in [0.25, 0.3) is 0 Å². The molecular formula is C33H43N5O5. The number of primary amides is 1. The monoisotopic (exact) mass is 589 g/mol. The van der Waals surface area contributed by atoms with Crippen LogP contribution in [0.3, 0.4) is 0 Å². The molecule has 3 aromatic rings. The van der Waals surface area contributed by atoms with Gasteiger partial charge in [0, 0.05) is 48.2 Å². The van der Waals surface area contributed by atoms with Crippen LogP contribution in [0.15, 0.2) is 48.8 Å². The van der Waals surface area contributed by atoms with E-state index in [1.807, 2.05) is 39.8 Å². The van der Waals surface area contributed by atoms with Gasteiger partial charge in [-0.05, 0) is 82.3 Å². The van der Waals surface area contributed by atoms with Gasteiger partial charge in [0.2, 0.25) is 5.91 Å². The first-order valence-electron chi connectivity index (χ1n) is 14.6. The fourth-order valence-electron chi connectivity index (χ4n) is 5.11. The van der Waals surface area contributed by atoms with Crippen molar-refractivity contribution >= 4 is 23.3 Å². The lowest BCUT2D eigenvalue weighted by Gasteiger charge is -2.40. The summed E-state index contributed by atoms with van der Waals surface area (Å²) in [6.45, 7) is 14.5. The number of rotatable bonds is 11. The lowest BCUT2D eigenvalue weighted by atomic mass is 9.82. The summed E-state index contributed by atoms with van der Waals surface area (Å²) in [6, 6.07) is 10.5. The van der Waals surface area contributed by atoms with Gasteiger partial charge < -0.3 is 30.5 Å². The van der Waals surface area contributed by atoms with E-state index in [1.54, 1.807) is 36.7 Å². The van der Waals surface area contributed by atoms with Crippen LogP contribution in [-0.4, -0.2) is 58.8 Å². The van der Waals surface area contributed by atoms with E-state index < -0.39 is 23.6 Å². The zero-order valence-corrected chi connectivity index (χ0v) is 25.9. The first-order chi connectivity index (χ1) is 20.2. The molecule has 2 aromatic heterocycles. The van der Waals surface area contributed by atoms with Gasteiger partial charge >= 0.3 is 5.97 Å². The predicted molar refractivity (Wildman–Crippen MR) is 168 cm³/mol. The van der Waals surface area contributed by atoms with E-state index >= 15 is 0 Å². The predicted octanol–water partition coefficient (Wildman–Crippen LogP) is 5.61. The number of anilines is 2. The molecular weight excluding hydrogens is 546 g/mol.